The van der Waals surface area contributed by atoms with Crippen molar-refractivity contribution in [3.63, 3.8) is 0 Å². The summed E-state index contributed by atoms with van der Waals surface area (Å²) in [4.78, 5) is 13.3. The standard InChI is InChI=1S/C12H13NO4S/c1-8-3-2-4-9(5-8)13-10-6-18(15,16)7-11(10)17-12(13)14/h2-5,10-11H,6-7H2,1H3. The first-order valence-electron chi connectivity index (χ1n) is 5.73. The SMILES string of the molecule is Cc1cccc(N2C(=O)OC3CS(=O)(=O)CC32)c1. The zero-order chi connectivity index (χ0) is 12.9. The monoisotopic (exact) mass is 267 g/mol. The van der Waals surface area contributed by atoms with Crippen LogP contribution < -0.4 is 4.90 Å². The fourth-order valence-corrected chi connectivity index (χ4v) is 4.36. The summed E-state index contributed by atoms with van der Waals surface area (Å²) in [6, 6.07) is 7.03. The number of carbonyl (C=O) groups excluding carboxylic acids is 1. The summed E-state index contributed by atoms with van der Waals surface area (Å²) in [5.74, 6) is -0.0803. The third-order valence-electron chi connectivity index (χ3n) is 3.33. The maximum Gasteiger partial charge on any atom is 0.415 e. The van der Waals surface area contributed by atoms with E-state index in [0.717, 1.165) is 5.56 Å². The van der Waals surface area contributed by atoms with Gasteiger partial charge in [0.2, 0.25) is 0 Å². The maximum atomic E-state index is 11.8. The molecule has 1 aromatic carbocycles. The predicted octanol–water partition coefficient (Wildman–Crippen LogP) is 1.12. The first-order chi connectivity index (χ1) is 8.46. The number of carbonyl (C=O) groups is 1. The summed E-state index contributed by atoms with van der Waals surface area (Å²) in [7, 11) is -3.10. The van der Waals surface area contributed by atoms with Crippen molar-refractivity contribution in [2.24, 2.45) is 0 Å². The van der Waals surface area contributed by atoms with Gasteiger partial charge in [-0.3, -0.25) is 4.90 Å². The summed E-state index contributed by atoms with van der Waals surface area (Å²) in [5, 5.41) is 0. The van der Waals surface area contributed by atoms with E-state index in [1.54, 1.807) is 6.07 Å². The van der Waals surface area contributed by atoms with Crippen molar-refractivity contribution in [2.45, 2.75) is 19.1 Å². The average molecular weight is 267 g/mol. The highest BCUT2D eigenvalue weighted by Gasteiger charge is 2.51. The van der Waals surface area contributed by atoms with E-state index in [9.17, 15) is 13.2 Å². The quantitative estimate of drug-likeness (QED) is 0.765. The highest BCUT2D eigenvalue weighted by atomic mass is 32.2. The van der Waals surface area contributed by atoms with Crippen LogP contribution in [0.4, 0.5) is 10.5 Å². The molecule has 2 unspecified atom stereocenters. The molecular weight excluding hydrogens is 254 g/mol. The molecule has 0 saturated carbocycles. The Bertz CT molecular complexity index is 610. The first kappa shape index (κ1) is 11.5. The van der Waals surface area contributed by atoms with E-state index in [4.69, 9.17) is 4.74 Å². The molecule has 2 heterocycles. The molecular formula is C12H13NO4S. The summed E-state index contributed by atoms with van der Waals surface area (Å²) < 4.78 is 28.3. The van der Waals surface area contributed by atoms with E-state index in [2.05, 4.69) is 0 Å². The molecule has 0 N–H and O–H groups in total. The Morgan fingerprint density at radius 2 is 2.11 bits per heavy atom. The molecule has 2 aliphatic rings. The molecule has 0 radical (unpaired) electrons. The number of nitrogens with zero attached hydrogens (tertiary/aromatic N) is 1. The average Bonchev–Trinajstić information content (AvgIpc) is 2.68. The smallest absolute Gasteiger partial charge is 0.415 e. The van der Waals surface area contributed by atoms with Gasteiger partial charge >= 0.3 is 6.09 Å². The predicted molar refractivity (Wildman–Crippen MR) is 66.4 cm³/mol. The minimum absolute atomic E-state index is 0.0165. The van der Waals surface area contributed by atoms with Crippen LogP contribution in [0.5, 0.6) is 0 Å². The highest BCUT2D eigenvalue weighted by Crippen LogP contribution is 2.32. The van der Waals surface area contributed by atoms with Crippen LogP contribution in [0.1, 0.15) is 5.56 Å². The lowest BCUT2D eigenvalue weighted by Gasteiger charge is -2.19. The molecule has 1 amide bonds. The Morgan fingerprint density at radius 1 is 1.33 bits per heavy atom. The van der Waals surface area contributed by atoms with Crippen LogP contribution in [0.3, 0.4) is 0 Å². The van der Waals surface area contributed by atoms with Gasteiger partial charge in [0, 0.05) is 5.69 Å². The van der Waals surface area contributed by atoms with Gasteiger partial charge in [0.05, 0.1) is 17.5 Å². The molecule has 0 bridgehead atoms. The first-order valence-corrected chi connectivity index (χ1v) is 7.55. The topological polar surface area (TPSA) is 63.7 Å². The van der Waals surface area contributed by atoms with Crippen LogP contribution in [0.15, 0.2) is 24.3 Å². The molecule has 0 spiro atoms. The van der Waals surface area contributed by atoms with E-state index >= 15 is 0 Å². The summed E-state index contributed by atoms with van der Waals surface area (Å²) in [6.07, 6.45) is -0.978. The van der Waals surface area contributed by atoms with E-state index in [1.165, 1.54) is 4.90 Å². The second-order valence-corrected chi connectivity index (χ2v) is 6.93. The van der Waals surface area contributed by atoms with Gasteiger partial charge in [-0.15, -0.1) is 0 Å². The molecule has 6 heteroatoms. The number of ether oxygens (including phenoxy) is 1. The molecule has 2 aliphatic heterocycles. The Morgan fingerprint density at radius 3 is 2.83 bits per heavy atom. The highest BCUT2D eigenvalue weighted by molar-refractivity contribution is 7.91. The minimum atomic E-state index is -3.10. The van der Waals surface area contributed by atoms with Crippen molar-refractivity contribution in [1.82, 2.24) is 0 Å². The van der Waals surface area contributed by atoms with Gasteiger partial charge in [-0.2, -0.15) is 0 Å². The van der Waals surface area contributed by atoms with Crippen LogP contribution in [-0.4, -0.2) is 38.2 Å². The van der Waals surface area contributed by atoms with Crippen LogP contribution in [0.25, 0.3) is 0 Å². The lowest BCUT2D eigenvalue weighted by atomic mass is 10.1. The summed E-state index contributed by atoms with van der Waals surface area (Å²) in [5.41, 5.74) is 1.72. The number of anilines is 1. The van der Waals surface area contributed by atoms with Gasteiger partial charge in [-0.25, -0.2) is 13.2 Å². The third-order valence-corrected chi connectivity index (χ3v) is 5.02. The maximum absolute atomic E-state index is 11.8. The minimum Gasteiger partial charge on any atom is -0.442 e. The molecule has 2 fully saturated rings. The van der Waals surface area contributed by atoms with Gasteiger partial charge in [-0.1, -0.05) is 12.1 Å². The molecule has 0 aromatic heterocycles. The van der Waals surface area contributed by atoms with Gasteiger partial charge in [0.1, 0.15) is 6.10 Å². The van der Waals surface area contributed by atoms with E-state index in [1.807, 2.05) is 25.1 Å². The van der Waals surface area contributed by atoms with Gasteiger partial charge < -0.3 is 4.74 Å². The Balaban J connectivity index is 1.99. The van der Waals surface area contributed by atoms with Crippen LogP contribution in [0.2, 0.25) is 0 Å². The van der Waals surface area contributed by atoms with E-state index in [-0.39, 0.29) is 17.5 Å². The van der Waals surface area contributed by atoms with E-state index < -0.39 is 22.0 Å². The molecule has 18 heavy (non-hydrogen) atoms. The molecule has 2 atom stereocenters. The lowest BCUT2D eigenvalue weighted by molar-refractivity contribution is 0.147. The van der Waals surface area contributed by atoms with Crippen molar-refractivity contribution in [1.29, 1.82) is 0 Å². The van der Waals surface area contributed by atoms with Crippen molar-refractivity contribution >= 4 is 21.6 Å². The van der Waals surface area contributed by atoms with Crippen LogP contribution >= 0.6 is 0 Å². The molecule has 5 nitrogen and oxygen atoms in total. The van der Waals surface area contributed by atoms with Crippen molar-refractivity contribution < 1.29 is 17.9 Å². The molecule has 96 valence electrons. The Labute approximate surface area is 105 Å². The van der Waals surface area contributed by atoms with Gasteiger partial charge in [-0.05, 0) is 24.6 Å². The number of hydrogen-bond acceptors (Lipinski definition) is 4. The van der Waals surface area contributed by atoms with Crippen molar-refractivity contribution in [3.05, 3.63) is 29.8 Å². The summed E-state index contributed by atoms with van der Waals surface area (Å²) >= 11 is 0. The zero-order valence-electron chi connectivity index (χ0n) is 9.87. The zero-order valence-corrected chi connectivity index (χ0v) is 10.7. The van der Waals surface area contributed by atoms with Crippen molar-refractivity contribution in [3.8, 4) is 0 Å². The number of hydrogen-bond donors (Lipinski definition) is 0. The van der Waals surface area contributed by atoms with Crippen molar-refractivity contribution in [2.75, 3.05) is 16.4 Å². The van der Waals surface area contributed by atoms with E-state index in [0.29, 0.717) is 5.69 Å². The molecule has 1 aromatic rings. The Kier molecular flexibility index (Phi) is 2.38. The number of fused-ring (bicyclic) bond motifs is 1. The molecule has 3 rings (SSSR count). The summed E-state index contributed by atoms with van der Waals surface area (Å²) in [6.45, 7) is 1.92. The largest absolute Gasteiger partial charge is 0.442 e. The number of sulfone groups is 1. The number of benzene rings is 1. The van der Waals surface area contributed by atoms with Crippen LogP contribution in [-0.2, 0) is 14.6 Å². The number of rotatable bonds is 1. The second-order valence-electron chi connectivity index (χ2n) is 4.78. The van der Waals surface area contributed by atoms with Gasteiger partial charge in [0.25, 0.3) is 0 Å². The molecule has 0 aliphatic carbocycles. The fraction of sp³-hybridized carbons (Fsp3) is 0.417. The third kappa shape index (κ3) is 1.77. The molecule has 2 saturated heterocycles. The van der Waals surface area contributed by atoms with Crippen LogP contribution in [0, 0.1) is 6.92 Å². The number of amides is 1. The normalized spacial score (nSPS) is 29.2. The number of aryl methyl sites for hydroxylation is 1. The second kappa shape index (κ2) is 3.71. The Hall–Kier alpha value is -1.56. The lowest BCUT2D eigenvalue weighted by Crippen LogP contribution is -2.36. The van der Waals surface area contributed by atoms with Gasteiger partial charge in [0.15, 0.2) is 9.84 Å². The fourth-order valence-electron chi connectivity index (χ4n) is 2.55.